The first-order valence-electron chi connectivity index (χ1n) is 10.6. The highest BCUT2D eigenvalue weighted by Gasteiger charge is 2.50. The number of halogens is 1. The smallest absolute Gasteiger partial charge is 0.302 e. The van der Waals surface area contributed by atoms with E-state index in [2.05, 4.69) is 11.1 Å². The van der Waals surface area contributed by atoms with Crippen LogP contribution in [-0.4, -0.2) is 23.5 Å². The van der Waals surface area contributed by atoms with Crippen LogP contribution in [0.2, 0.25) is 0 Å². The largest absolute Gasteiger partial charge is 0.466 e. The van der Waals surface area contributed by atoms with Crippen molar-refractivity contribution in [2.75, 3.05) is 11.5 Å². The Kier molecular flexibility index (Phi) is 7.65. The van der Waals surface area contributed by atoms with Crippen molar-refractivity contribution in [2.24, 2.45) is 0 Å². The molecule has 0 bridgehead atoms. The van der Waals surface area contributed by atoms with Crippen molar-refractivity contribution in [1.29, 1.82) is 0 Å². The van der Waals surface area contributed by atoms with Crippen LogP contribution in [0.4, 0.5) is 11.4 Å². The van der Waals surface area contributed by atoms with Gasteiger partial charge in [0.1, 0.15) is 0 Å². The van der Waals surface area contributed by atoms with Crippen LogP contribution >= 0.6 is 12.4 Å². The molecule has 0 saturated carbocycles. The van der Waals surface area contributed by atoms with E-state index >= 15 is 0 Å². The van der Waals surface area contributed by atoms with E-state index < -0.39 is 5.41 Å². The number of ether oxygens (including phenoxy) is 1. The van der Waals surface area contributed by atoms with Gasteiger partial charge in [0.2, 0.25) is 5.91 Å². The van der Waals surface area contributed by atoms with Crippen LogP contribution in [0.15, 0.2) is 79.1 Å². The summed E-state index contributed by atoms with van der Waals surface area (Å²) in [5, 5.41) is 0. The number of carbonyl (C=O) groups is 2. The van der Waals surface area contributed by atoms with Gasteiger partial charge in [-0.25, -0.2) is 0 Å². The topological polar surface area (TPSA) is 59.5 Å². The van der Waals surface area contributed by atoms with E-state index in [1.807, 2.05) is 65.6 Å². The average Bonchev–Trinajstić information content (AvgIpc) is 3.03. The van der Waals surface area contributed by atoms with Crippen LogP contribution in [-0.2, 0) is 26.2 Å². The van der Waals surface area contributed by atoms with Crippen molar-refractivity contribution < 1.29 is 14.3 Å². The van der Waals surface area contributed by atoms with Crippen LogP contribution in [0.25, 0.3) is 0 Å². The van der Waals surface area contributed by atoms with Gasteiger partial charge in [0.05, 0.1) is 17.7 Å². The monoisotopic (exact) mass is 450 g/mol. The number of esters is 1. The summed E-state index contributed by atoms with van der Waals surface area (Å²) in [6.45, 7) is 1.79. The summed E-state index contributed by atoms with van der Waals surface area (Å²) in [6.07, 6.45) is 6.31. The number of carbonyl (C=O) groups excluding carboxylic acids is 2. The van der Waals surface area contributed by atoms with Crippen molar-refractivity contribution in [2.45, 2.75) is 38.0 Å². The Balaban J connectivity index is 0.00000289. The van der Waals surface area contributed by atoms with E-state index in [1.54, 1.807) is 12.4 Å². The molecule has 0 saturated heterocycles. The molecule has 1 aliphatic heterocycles. The first kappa shape index (κ1) is 23.5. The molecule has 0 N–H and O–H groups in total. The lowest BCUT2D eigenvalue weighted by atomic mass is 9.73. The molecule has 0 fully saturated rings. The van der Waals surface area contributed by atoms with Gasteiger partial charge in [-0.1, -0.05) is 36.4 Å². The molecule has 6 heteroatoms. The van der Waals surface area contributed by atoms with Crippen molar-refractivity contribution in [3.8, 4) is 0 Å². The molecule has 1 aliphatic rings. The van der Waals surface area contributed by atoms with Gasteiger partial charge in [-0.15, -0.1) is 12.4 Å². The summed E-state index contributed by atoms with van der Waals surface area (Å²) in [7, 11) is 0. The van der Waals surface area contributed by atoms with Crippen molar-refractivity contribution in [3.05, 3.63) is 90.3 Å². The van der Waals surface area contributed by atoms with Crippen molar-refractivity contribution in [1.82, 2.24) is 4.98 Å². The Morgan fingerprint density at radius 3 is 2.38 bits per heavy atom. The molecular formula is C26H27ClN2O3. The molecule has 166 valence electrons. The molecule has 4 rings (SSSR count). The quantitative estimate of drug-likeness (QED) is 0.340. The van der Waals surface area contributed by atoms with E-state index in [1.165, 1.54) is 6.92 Å². The number of aromatic nitrogens is 1. The number of fused-ring (bicyclic) bond motifs is 1. The minimum Gasteiger partial charge on any atom is -0.466 e. The molecule has 1 unspecified atom stereocenters. The summed E-state index contributed by atoms with van der Waals surface area (Å²) in [6, 6.07) is 21.8. The van der Waals surface area contributed by atoms with E-state index in [0.717, 1.165) is 35.3 Å². The Labute approximate surface area is 194 Å². The highest BCUT2D eigenvalue weighted by atomic mass is 35.5. The lowest BCUT2D eigenvalue weighted by Crippen LogP contribution is -2.40. The predicted octanol–water partition coefficient (Wildman–Crippen LogP) is 5.40. The van der Waals surface area contributed by atoms with Crippen molar-refractivity contribution >= 4 is 35.7 Å². The zero-order valence-electron chi connectivity index (χ0n) is 18.1. The van der Waals surface area contributed by atoms with Crippen LogP contribution in [0.3, 0.4) is 0 Å². The lowest BCUT2D eigenvalue weighted by Gasteiger charge is -2.29. The number of hydrogen-bond donors (Lipinski definition) is 0. The van der Waals surface area contributed by atoms with Crippen LogP contribution < -0.4 is 4.90 Å². The number of amides is 1. The number of nitrogens with zero attached hydrogens (tertiary/aromatic N) is 2. The van der Waals surface area contributed by atoms with Gasteiger partial charge in [-0.2, -0.15) is 0 Å². The van der Waals surface area contributed by atoms with E-state index in [9.17, 15) is 9.59 Å². The average molecular weight is 451 g/mol. The van der Waals surface area contributed by atoms with Gasteiger partial charge in [0.15, 0.2) is 0 Å². The van der Waals surface area contributed by atoms with E-state index in [0.29, 0.717) is 19.4 Å². The molecule has 1 aromatic heterocycles. The molecule has 1 amide bonds. The zero-order chi connectivity index (χ0) is 21.7. The van der Waals surface area contributed by atoms with Gasteiger partial charge in [-0.3, -0.25) is 19.5 Å². The molecule has 0 spiro atoms. The minimum absolute atomic E-state index is 0. The van der Waals surface area contributed by atoms with E-state index in [-0.39, 0.29) is 24.3 Å². The summed E-state index contributed by atoms with van der Waals surface area (Å²) >= 11 is 0. The SMILES string of the molecule is CC(=O)OCCCCC1(Cc2ccncc2)C(=O)N(c2ccccc2)c2ccccc21.Cl. The maximum Gasteiger partial charge on any atom is 0.302 e. The van der Waals surface area contributed by atoms with Gasteiger partial charge in [-0.05, 0) is 67.1 Å². The van der Waals surface area contributed by atoms with Gasteiger partial charge < -0.3 is 4.74 Å². The second kappa shape index (κ2) is 10.4. The first-order valence-corrected chi connectivity index (χ1v) is 10.6. The fourth-order valence-corrected chi connectivity index (χ4v) is 4.44. The zero-order valence-corrected chi connectivity index (χ0v) is 18.9. The summed E-state index contributed by atoms with van der Waals surface area (Å²) in [5.41, 5.74) is 3.26. The number of pyridine rings is 1. The second-order valence-electron chi connectivity index (χ2n) is 7.90. The molecule has 2 heterocycles. The van der Waals surface area contributed by atoms with Crippen molar-refractivity contribution in [3.63, 3.8) is 0 Å². The summed E-state index contributed by atoms with van der Waals surface area (Å²) < 4.78 is 5.10. The van der Waals surface area contributed by atoms with Crippen LogP contribution in [0.5, 0.6) is 0 Å². The number of hydrogen-bond acceptors (Lipinski definition) is 4. The van der Waals surface area contributed by atoms with Crippen LogP contribution in [0, 0.1) is 0 Å². The number of para-hydroxylation sites is 2. The molecule has 2 aromatic carbocycles. The molecule has 0 aliphatic carbocycles. The standard InChI is InChI=1S/C26H26N2O3.ClH/c1-20(29)31-18-8-7-15-26(19-21-13-16-27-17-14-21)23-11-5-6-12-24(23)28(25(26)30)22-9-3-2-4-10-22;/h2-6,9-14,16-17H,7-8,15,18-19H2,1H3;1H. The summed E-state index contributed by atoms with van der Waals surface area (Å²) in [5.74, 6) is -0.187. The third-order valence-electron chi connectivity index (χ3n) is 5.85. The molecule has 3 aromatic rings. The highest BCUT2D eigenvalue weighted by molar-refractivity contribution is 6.13. The molecule has 32 heavy (non-hydrogen) atoms. The fraction of sp³-hybridized carbons (Fsp3) is 0.269. The number of anilines is 2. The Hall–Kier alpha value is -3.18. The first-order chi connectivity index (χ1) is 15.1. The minimum atomic E-state index is -0.677. The number of unbranched alkanes of at least 4 members (excludes halogenated alkanes) is 1. The normalized spacial score (nSPS) is 16.9. The molecule has 5 nitrogen and oxygen atoms in total. The highest BCUT2D eigenvalue weighted by Crippen LogP contribution is 2.49. The van der Waals surface area contributed by atoms with Crippen LogP contribution in [0.1, 0.15) is 37.3 Å². The maximum atomic E-state index is 14.1. The third-order valence-corrected chi connectivity index (χ3v) is 5.85. The Morgan fingerprint density at radius 1 is 0.969 bits per heavy atom. The fourth-order valence-electron chi connectivity index (χ4n) is 4.44. The van der Waals surface area contributed by atoms with E-state index in [4.69, 9.17) is 4.74 Å². The summed E-state index contributed by atoms with van der Waals surface area (Å²) in [4.78, 5) is 31.2. The Bertz CT molecular complexity index is 1060. The second-order valence-corrected chi connectivity index (χ2v) is 7.90. The molecular weight excluding hydrogens is 424 g/mol. The maximum absolute atomic E-state index is 14.1. The van der Waals surface area contributed by atoms with Gasteiger partial charge >= 0.3 is 5.97 Å². The van der Waals surface area contributed by atoms with Gasteiger partial charge in [0, 0.05) is 25.0 Å². The lowest BCUT2D eigenvalue weighted by molar-refractivity contribution is -0.141. The number of benzene rings is 2. The molecule has 1 atom stereocenters. The molecule has 0 radical (unpaired) electrons. The number of rotatable bonds is 8. The predicted molar refractivity (Wildman–Crippen MR) is 127 cm³/mol. The van der Waals surface area contributed by atoms with Gasteiger partial charge in [0.25, 0.3) is 0 Å². The Morgan fingerprint density at radius 2 is 1.66 bits per heavy atom. The third kappa shape index (κ3) is 4.68.